The molecule has 2 heterocycles. The first-order valence-electron chi connectivity index (χ1n) is 7.87. The molecule has 1 N–H and O–H groups in total. The van der Waals surface area contributed by atoms with Crippen molar-refractivity contribution in [2.75, 3.05) is 13.2 Å². The van der Waals surface area contributed by atoms with Gasteiger partial charge in [-0.25, -0.2) is 9.37 Å². The lowest BCUT2D eigenvalue weighted by Gasteiger charge is -2.36. The number of aromatic nitrogens is 2. The van der Waals surface area contributed by atoms with E-state index in [0.717, 1.165) is 17.6 Å². The normalized spacial score (nSPS) is 16.7. The van der Waals surface area contributed by atoms with Crippen LogP contribution in [0.2, 0.25) is 0 Å². The molecule has 0 amide bonds. The Labute approximate surface area is 145 Å². The number of hydrogen-bond donors (Lipinski definition) is 1. The third kappa shape index (κ3) is 2.95. The van der Waals surface area contributed by atoms with Crippen LogP contribution in [0, 0.1) is 5.82 Å². The summed E-state index contributed by atoms with van der Waals surface area (Å²) in [7, 11) is 0. The lowest BCUT2D eigenvalue weighted by atomic mass is 10.0. The van der Waals surface area contributed by atoms with Gasteiger partial charge in [0.05, 0.1) is 42.7 Å². The van der Waals surface area contributed by atoms with Crippen LogP contribution < -0.4 is 0 Å². The van der Waals surface area contributed by atoms with Crippen LogP contribution >= 0.6 is 0 Å². The van der Waals surface area contributed by atoms with Gasteiger partial charge >= 0.3 is 6.18 Å². The van der Waals surface area contributed by atoms with Gasteiger partial charge in [-0.3, -0.25) is 0 Å². The number of benzene rings is 2. The number of imidazole rings is 1. The van der Waals surface area contributed by atoms with Gasteiger partial charge in [-0.15, -0.1) is 0 Å². The number of hydrogen-bond acceptors (Lipinski definition) is 3. The Balaban J connectivity index is 1.68. The third-order valence-electron chi connectivity index (χ3n) is 4.43. The third-order valence-corrected chi connectivity index (χ3v) is 4.43. The Morgan fingerprint density at radius 2 is 1.92 bits per heavy atom. The largest absolute Gasteiger partial charge is 0.416 e. The van der Waals surface area contributed by atoms with Gasteiger partial charge in [0.1, 0.15) is 11.4 Å². The Bertz CT molecular complexity index is 977. The van der Waals surface area contributed by atoms with E-state index >= 15 is 0 Å². The summed E-state index contributed by atoms with van der Waals surface area (Å²) in [6.45, 7) is 0.820. The zero-order chi connectivity index (χ0) is 18.5. The summed E-state index contributed by atoms with van der Waals surface area (Å²) in [5.41, 5.74) is -0.154. The van der Waals surface area contributed by atoms with E-state index in [1.165, 1.54) is 0 Å². The summed E-state index contributed by atoms with van der Waals surface area (Å²) in [6, 6.07) is 7.40. The fraction of sp³-hybridized carbons (Fsp3) is 0.278. The molecule has 3 aromatic rings. The highest BCUT2D eigenvalue weighted by Crippen LogP contribution is 2.33. The van der Waals surface area contributed by atoms with Gasteiger partial charge in [-0.2, -0.15) is 13.2 Å². The Kier molecular flexibility index (Phi) is 3.78. The second-order valence-corrected chi connectivity index (χ2v) is 6.49. The predicted molar refractivity (Wildman–Crippen MR) is 85.9 cm³/mol. The van der Waals surface area contributed by atoms with Crippen molar-refractivity contribution in [1.82, 2.24) is 9.55 Å². The van der Waals surface area contributed by atoms with Crippen LogP contribution in [0.15, 0.2) is 42.7 Å². The fourth-order valence-corrected chi connectivity index (χ4v) is 3.03. The molecule has 1 aliphatic heterocycles. The summed E-state index contributed by atoms with van der Waals surface area (Å²) in [6.07, 6.45) is -3.03. The Morgan fingerprint density at radius 1 is 1.15 bits per heavy atom. The van der Waals surface area contributed by atoms with Crippen molar-refractivity contribution >= 4 is 11.0 Å². The van der Waals surface area contributed by atoms with Crippen LogP contribution in [0.1, 0.15) is 5.56 Å². The van der Waals surface area contributed by atoms with Gasteiger partial charge in [0.25, 0.3) is 0 Å². The monoisotopic (exact) mass is 366 g/mol. The van der Waals surface area contributed by atoms with Gasteiger partial charge in [0, 0.05) is 5.56 Å². The molecule has 1 aliphatic rings. The molecule has 136 valence electrons. The topological polar surface area (TPSA) is 47.3 Å². The minimum atomic E-state index is -4.59. The van der Waals surface area contributed by atoms with Crippen molar-refractivity contribution in [3.05, 3.63) is 54.1 Å². The van der Waals surface area contributed by atoms with E-state index in [9.17, 15) is 22.7 Å². The highest BCUT2D eigenvalue weighted by Gasteiger charge is 2.36. The van der Waals surface area contributed by atoms with Crippen LogP contribution in [0.4, 0.5) is 17.6 Å². The molecule has 4 rings (SSSR count). The van der Waals surface area contributed by atoms with E-state index in [0.29, 0.717) is 23.7 Å². The lowest BCUT2D eigenvalue weighted by molar-refractivity contribution is -0.184. The van der Waals surface area contributed by atoms with Crippen LogP contribution in [-0.2, 0) is 17.5 Å². The molecule has 4 nitrogen and oxygen atoms in total. The Morgan fingerprint density at radius 3 is 2.54 bits per heavy atom. The van der Waals surface area contributed by atoms with E-state index in [2.05, 4.69) is 4.98 Å². The first-order valence-corrected chi connectivity index (χ1v) is 7.87. The molecule has 0 bridgehead atoms. The highest BCUT2D eigenvalue weighted by atomic mass is 19.4. The molecular weight excluding hydrogens is 352 g/mol. The van der Waals surface area contributed by atoms with E-state index in [4.69, 9.17) is 4.74 Å². The smallest absolute Gasteiger partial charge is 0.383 e. The molecule has 0 atom stereocenters. The van der Waals surface area contributed by atoms with Crippen LogP contribution in [0.5, 0.6) is 0 Å². The van der Waals surface area contributed by atoms with Gasteiger partial charge in [-0.05, 0) is 29.8 Å². The van der Waals surface area contributed by atoms with Gasteiger partial charge in [0.2, 0.25) is 0 Å². The molecule has 0 aliphatic carbocycles. The molecule has 2 aromatic carbocycles. The summed E-state index contributed by atoms with van der Waals surface area (Å²) < 4.78 is 59.0. The van der Waals surface area contributed by atoms with Crippen molar-refractivity contribution < 1.29 is 27.4 Å². The molecule has 0 unspecified atom stereocenters. The first-order chi connectivity index (χ1) is 12.3. The average Bonchev–Trinajstić information content (AvgIpc) is 2.94. The summed E-state index contributed by atoms with van der Waals surface area (Å²) in [5.74, 6) is -0.945. The first kappa shape index (κ1) is 17.0. The van der Waals surface area contributed by atoms with Gasteiger partial charge < -0.3 is 14.4 Å². The minimum absolute atomic E-state index is 0.0699. The van der Waals surface area contributed by atoms with Gasteiger partial charge in [0.15, 0.2) is 0 Å². The quantitative estimate of drug-likeness (QED) is 0.721. The van der Waals surface area contributed by atoms with Crippen molar-refractivity contribution in [2.45, 2.75) is 18.3 Å². The van der Waals surface area contributed by atoms with Crippen molar-refractivity contribution in [3.63, 3.8) is 0 Å². The summed E-state index contributed by atoms with van der Waals surface area (Å²) >= 11 is 0. The molecule has 0 radical (unpaired) electrons. The maximum Gasteiger partial charge on any atom is 0.416 e. The molecule has 0 saturated carbocycles. The van der Waals surface area contributed by atoms with Crippen molar-refractivity contribution in [2.24, 2.45) is 0 Å². The number of fused-ring (bicyclic) bond motifs is 1. The average molecular weight is 366 g/mol. The maximum atomic E-state index is 14.2. The number of nitrogens with zero attached hydrogens (tertiary/aromatic N) is 2. The van der Waals surface area contributed by atoms with E-state index in [1.54, 1.807) is 29.1 Å². The summed E-state index contributed by atoms with van der Waals surface area (Å²) in [5, 5.41) is 10.2. The van der Waals surface area contributed by atoms with Crippen LogP contribution in [0.3, 0.4) is 0 Å². The lowest BCUT2D eigenvalue weighted by Crippen LogP contribution is -2.52. The van der Waals surface area contributed by atoms with Crippen molar-refractivity contribution in [1.29, 1.82) is 0 Å². The predicted octanol–water partition coefficient (Wildman–Crippen LogP) is 3.62. The number of rotatable bonds is 3. The molecular formula is C18H14F4N2O2. The Hall–Kier alpha value is -2.45. The van der Waals surface area contributed by atoms with E-state index in [1.807, 2.05) is 0 Å². The number of halogens is 4. The second kappa shape index (κ2) is 5.78. The fourth-order valence-electron chi connectivity index (χ4n) is 3.03. The second-order valence-electron chi connectivity index (χ2n) is 6.49. The molecule has 1 saturated heterocycles. The van der Waals surface area contributed by atoms with E-state index in [-0.39, 0.29) is 18.8 Å². The standard InChI is InChI=1S/C18H14F4N2O2/c19-14-6-12(18(20,21)22)2-3-13(14)11-1-4-16-15(5-11)23-10-24(16)7-17(25)8-26-9-17/h1-6,10,25H,7-9H2. The van der Waals surface area contributed by atoms with Gasteiger partial charge in [-0.1, -0.05) is 12.1 Å². The number of alkyl halides is 3. The SMILES string of the molecule is OC1(Cn2cnc3cc(-c4ccc(C(F)(F)F)cc4F)ccc32)COC1. The highest BCUT2D eigenvalue weighted by molar-refractivity contribution is 5.82. The number of aliphatic hydroxyl groups is 1. The molecule has 1 fully saturated rings. The zero-order valence-corrected chi connectivity index (χ0v) is 13.4. The maximum absolute atomic E-state index is 14.2. The molecule has 26 heavy (non-hydrogen) atoms. The molecule has 1 aromatic heterocycles. The van der Waals surface area contributed by atoms with Crippen molar-refractivity contribution in [3.8, 4) is 11.1 Å². The van der Waals surface area contributed by atoms with Crippen LogP contribution in [-0.4, -0.2) is 33.5 Å². The van der Waals surface area contributed by atoms with E-state index < -0.39 is 23.2 Å². The van der Waals surface area contributed by atoms with Crippen LogP contribution in [0.25, 0.3) is 22.2 Å². The molecule has 0 spiro atoms. The zero-order valence-electron chi connectivity index (χ0n) is 13.4. The number of ether oxygens (including phenoxy) is 1. The molecule has 8 heteroatoms. The minimum Gasteiger partial charge on any atom is -0.383 e. The summed E-state index contributed by atoms with van der Waals surface area (Å²) in [4.78, 5) is 4.24.